The minimum Gasteiger partial charge on any atom is -0.497 e. The van der Waals surface area contributed by atoms with Crippen LogP contribution in [-0.2, 0) is 5.60 Å². The Morgan fingerprint density at radius 1 is 0.667 bits per heavy atom. The number of rotatable bonds is 4. The van der Waals surface area contributed by atoms with Crippen LogP contribution in [0.1, 0.15) is 16.7 Å². The topological polar surface area (TPSA) is 27.7 Å². The van der Waals surface area contributed by atoms with Crippen LogP contribution in [0.25, 0.3) is 16.8 Å². The lowest BCUT2D eigenvalue weighted by Crippen LogP contribution is -2.34. The Morgan fingerprint density at radius 3 is 1.87 bits per heavy atom. The number of hydrogen-bond donors (Lipinski definition) is 0. The molecule has 0 radical (unpaired) electrons. The van der Waals surface area contributed by atoms with Crippen molar-refractivity contribution >= 4 is 16.8 Å². The molecule has 4 aromatic rings. The molecule has 1 aliphatic rings. The number of hydrogen-bond acceptors (Lipinski definition) is 3. The van der Waals surface area contributed by atoms with Crippen molar-refractivity contribution in [1.82, 2.24) is 0 Å². The standard InChI is InChI=1S/C27H22O3/c1-28-23-13-9-21(10-14-23)27(22-11-15-24(29-2)16-12-22)18-17-20-8-7-19-5-3-4-6-25(19)26(20)30-27/h3-18H,1-2H3. The third-order valence-corrected chi connectivity index (χ3v) is 5.71. The summed E-state index contributed by atoms with van der Waals surface area (Å²) in [6, 6.07) is 28.7. The number of benzene rings is 4. The molecule has 30 heavy (non-hydrogen) atoms. The van der Waals surface area contributed by atoms with E-state index in [1.807, 2.05) is 36.4 Å². The molecule has 3 heteroatoms. The Labute approximate surface area is 176 Å². The lowest BCUT2D eigenvalue weighted by molar-refractivity contribution is 0.163. The van der Waals surface area contributed by atoms with Gasteiger partial charge in [-0.15, -0.1) is 0 Å². The van der Waals surface area contributed by atoms with Crippen molar-refractivity contribution in [2.75, 3.05) is 14.2 Å². The molecule has 5 rings (SSSR count). The summed E-state index contributed by atoms with van der Waals surface area (Å²) in [6.07, 6.45) is 4.29. The molecular formula is C27H22O3. The summed E-state index contributed by atoms with van der Waals surface area (Å²) in [6.45, 7) is 0. The molecule has 0 saturated carbocycles. The molecule has 0 aromatic heterocycles. The van der Waals surface area contributed by atoms with Gasteiger partial charge in [0.15, 0.2) is 5.60 Å². The lowest BCUT2D eigenvalue weighted by Gasteiger charge is -2.36. The summed E-state index contributed by atoms with van der Waals surface area (Å²) in [5.41, 5.74) is 2.38. The second-order valence-corrected chi connectivity index (χ2v) is 7.33. The Bertz CT molecular complexity index is 1170. The van der Waals surface area contributed by atoms with Gasteiger partial charge >= 0.3 is 0 Å². The highest BCUT2D eigenvalue weighted by Crippen LogP contribution is 2.45. The molecule has 0 spiro atoms. The molecule has 1 aliphatic heterocycles. The van der Waals surface area contributed by atoms with E-state index in [4.69, 9.17) is 14.2 Å². The SMILES string of the molecule is COc1ccc(C2(c3ccc(OC)cc3)C=Cc3ccc4ccccc4c3O2)cc1. The first-order valence-corrected chi connectivity index (χ1v) is 9.92. The Balaban J connectivity index is 1.72. The number of fused-ring (bicyclic) bond motifs is 3. The van der Waals surface area contributed by atoms with Crippen LogP contribution < -0.4 is 14.2 Å². The van der Waals surface area contributed by atoms with Gasteiger partial charge in [-0.2, -0.15) is 0 Å². The van der Waals surface area contributed by atoms with Gasteiger partial charge in [0.2, 0.25) is 0 Å². The first-order valence-electron chi connectivity index (χ1n) is 9.92. The van der Waals surface area contributed by atoms with Crippen LogP contribution >= 0.6 is 0 Å². The van der Waals surface area contributed by atoms with Gasteiger partial charge in [-0.05, 0) is 35.7 Å². The van der Waals surface area contributed by atoms with Gasteiger partial charge in [0, 0.05) is 22.1 Å². The predicted molar refractivity (Wildman–Crippen MR) is 120 cm³/mol. The summed E-state index contributed by atoms with van der Waals surface area (Å²) in [4.78, 5) is 0. The zero-order valence-electron chi connectivity index (χ0n) is 17.0. The molecule has 0 bridgehead atoms. The molecule has 0 saturated heterocycles. The van der Waals surface area contributed by atoms with E-state index in [1.165, 1.54) is 0 Å². The van der Waals surface area contributed by atoms with E-state index in [9.17, 15) is 0 Å². The van der Waals surface area contributed by atoms with Gasteiger partial charge in [-0.1, -0.05) is 66.7 Å². The quantitative estimate of drug-likeness (QED) is 0.412. The van der Waals surface area contributed by atoms with Gasteiger partial charge < -0.3 is 14.2 Å². The van der Waals surface area contributed by atoms with E-state index in [-0.39, 0.29) is 0 Å². The van der Waals surface area contributed by atoms with E-state index in [1.54, 1.807) is 14.2 Å². The van der Waals surface area contributed by atoms with Crippen LogP contribution in [0, 0.1) is 0 Å². The van der Waals surface area contributed by atoms with Gasteiger partial charge in [-0.25, -0.2) is 0 Å². The van der Waals surface area contributed by atoms with Crippen molar-refractivity contribution in [3.63, 3.8) is 0 Å². The largest absolute Gasteiger partial charge is 0.497 e. The van der Waals surface area contributed by atoms with Crippen molar-refractivity contribution < 1.29 is 14.2 Å². The van der Waals surface area contributed by atoms with Crippen molar-refractivity contribution in [2.24, 2.45) is 0 Å². The van der Waals surface area contributed by atoms with E-state index in [2.05, 4.69) is 60.7 Å². The van der Waals surface area contributed by atoms with E-state index < -0.39 is 5.60 Å². The Hall–Kier alpha value is -3.72. The van der Waals surface area contributed by atoms with Crippen LogP contribution in [0.4, 0.5) is 0 Å². The molecule has 0 aliphatic carbocycles. The molecular weight excluding hydrogens is 372 g/mol. The van der Waals surface area contributed by atoms with Gasteiger partial charge in [0.1, 0.15) is 17.2 Å². The average Bonchev–Trinajstić information content (AvgIpc) is 2.83. The van der Waals surface area contributed by atoms with Crippen LogP contribution in [0.3, 0.4) is 0 Å². The highest BCUT2D eigenvalue weighted by molar-refractivity contribution is 5.92. The van der Waals surface area contributed by atoms with Crippen molar-refractivity contribution in [1.29, 1.82) is 0 Å². The Morgan fingerprint density at radius 2 is 1.27 bits per heavy atom. The summed E-state index contributed by atoms with van der Waals surface area (Å²) < 4.78 is 17.6. The fourth-order valence-corrected chi connectivity index (χ4v) is 4.06. The average molecular weight is 394 g/mol. The smallest absolute Gasteiger partial charge is 0.178 e. The third kappa shape index (κ3) is 2.91. The Kier molecular flexibility index (Phi) is 4.44. The fraction of sp³-hybridized carbons (Fsp3) is 0.111. The van der Waals surface area contributed by atoms with Gasteiger partial charge in [0.05, 0.1) is 14.2 Å². The van der Waals surface area contributed by atoms with Crippen LogP contribution in [0.5, 0.6) is 17.2 Å². The molecule has 4 aromatic carbocycles. The monoisotopic (exact) mass is 394 g/mol. The highest BCUT2D eigenvalue weighted by Gasteiger charge is 2.37. The first-order chi connectivity index (χ1) is 14.7. The zero-order valence-corrected chi connectivity index (χ0v) is 17.0. The second-order valence-electron chi connectivity index (χ2n) is 7.33. The van der Waals surface area contributed by atoms with Crippen LogP contribution in [-0.4, -0.2) is 14.2 Å². The second kappa shape index (κ2) is 7.27. The lowest BCUT2D eigenvalue weighted by atomic mass is 9.83. The summed E-state index contributed by atoms with van der Waals surface area (Å²) in [5.74, 6) is 2.52. The molecule has 0 atom stereocenters. The van der Waals surface area contributed by atoms with Gasteiger partial charge in [-0.3, -0.25) is 0 Å². The predicted octanol–water partition coefficient (Wildman–Crippen LogP) is 6.21. The highest BCUT2D eigenvalue weighted by atomic mass is 16.5. The molecule has 0 N–H and O–H groups in total. The first kappa shape index (κ1) is 18.3. The summed E-state index contributed by atoms with van der Waals surface area (Å²) >= 11 is 0. The normalized spacial score (nSPS) is 14.1. The zero-order chi connectivity index (χ0) is 20.6. The van der Waals surface area contributed by atoms with Crippen LogP contribution in [0.2, 0.25) is 0 Å². The minimum atomic E-state index is -0.754. The number of methoxy groups -OCH3 is 2. The van der Waals surface area contributed by atoms with E-state index in [0.717, 1.165) is 44.7 Å². The molecule has 148 valence electrons. The molecule has 0 fully saturated rings. The maximum Gasteiger partial charge on any atom is 0.178 e. The van der Waals surface area contributed by atoms with Crippen molar-refractivity contribution in [2.45, 2.75) is 5.60 Å². The third-order valence-electron chi connectivity index (χ3n) is 5.71. The fourth-order valence-electron chi connectivity index (χ4n) is 4.06. The summed E-state index contributed by atoms with van der Waals surface area (Å²) in [7, 11) is 3.35. The van der Waals surface area contributed by atoms with Crippen molar-refractivity contribution in [3.8, 4) is 17.2 Å². The van der Waals surface area contributed by atoms with E-state index in [0.29, 0.717) is 0 Å². The molecule has 3 nitrogen and oxygen atoms in total. The van der Waals surface area contributed by atoms with Crippen molar-refractivity contribution in [3.05, 3.63) is 108 Å². The molecule has 1 heterocycles. The molecule has 0 amide bonds. The summed E-state index contributed by atoms with van der Waals surface area (Å²) in [5, 5.41) is 2.26. The number of ether oxygens (including phenoxy) is 3. The maximum absolute atomic E-state index is 6.88. The van der Waals surface area contributed by atoms with E-state index >= 15 is 0 Å². The maximum atomic E-state index is 6.88. The minimum absolute atomic E-state index is 0.754. The molecule has 0 unspecified atom stereocenters. The van der Waals surface area contributed by atoms with Gasteiger partial charge in [0.25, 0.3) is 0 Å². The van der Waals surface area contributed by atoms with Crippen LogP contribution in [0.15, 0.2) is 91.0 Å².